The van der Waals surface area contributed by atoms with E-state index >= 15 is 0 Å². The molecular formula is C18H28O2. The van der Waals surface area contributed by atoms with Crippen molar-refractivity contribution in [2.24, 2.45) is 35.0 Å². The van der Waals surface area contributed by atoms with Crippen LogP contribution in [-0.2, 0) is 4.79 Å². The Bertz CT molecular complexity index is 418. The zero-order valence-electron chi connectivity index (χ0n) is 12.7. The van der Waals surface area contributed by atoms with Crippen LogP contribution < -0.4 is 0 Å². The normalized spacial score (nSPS) is 55.0. The van der Waals surface area contributed by atoms with Crippen LogP contribution in [0.25, 0.3) is 0 Å². The van der Waals surface area contributed by atoms with E-state index in [-0.39, 0.29) is 11.5 Å². The number of aliphatic hydroxyl groups excluding tert-OH is 1. The SMILES string of the molecule is C[C@]12CC[C@@H]3[C@@H]4CCC(=O)C[C@@H]4CC[C@H]3[C@@H]1CC[C@H]2O. The van der Waals surface area contributed by atoms with Gasteiger partial charge in [-0.1, -0.05) is 6.92 Å². The van der Waals surface area contributed by atoms with Gasteiger partial charge in [-0.2, -0.15) is 0 Å². The lowest BCUT2D eigenvalue weighted by Gasteiger charge is -2.55. The van der Waals surface area contributed by atoms with E-state index in [4.69, 9.17) is 0 Å². The fraction of sp³-hybridized carbons (Fsp3) is 0.944. The number of Topliss-reactive ketones (excluding diaryl/α,β-unsaturated/α-hetero) is 1. The van der Waals surface area contributed by atoms with Crippen molar-refractivity contribution in [1.29, 1.82) is 0 Å². The second-order valence-corrected chi connectivity index (χ2v) is 8.35. The van der Waals surface area contributed by atoms with Crippen LogP contribution >= 0.6 is 0 Å². The van der Waals surface area contributed by atoms with Crippen molar-refractivity contribution in [3.05, 3.63) is 0 Å². The van der Waals surface area contributed by atoms with Gasteiger partial charge in [-0.15, -0.1) is 0 Å². The smallest absolute Gasteiger partial charge is 0.133 e. The number of rotatable bonds is 0. The predicted octanol–water partition coefficient (Wildman–Crippen LogP) is 3.57. The molecule has 2 heteroatoms. The molecule has 7 atom stereocenters. The molecule has 0 heterocycles. The Morgan fingerprint density at radius 1 is 1.00 bits per heavy atom. The van der Waals surface area contributed by atoms with Crippen molar-refractivity contribution in [2.45, 2.75) is 70.8 Å². The average molecular weight is 276 g/mol. The summed E-state index contributed by atoms with van der Waals surface area (Å²) in [7, 11) is 0. The minimum atomic E-state index is -0.0564. The molecule has 0 aromatic heterocycles. The van der Waals surface area contributed by atoms with Crippen LogP contribution in [0.4, 0.5) is 0 Å². The molecule has 0 aliphatic heterocycles. The van der Waals surface area contributed by atoms with Gasteiger partial charge >= 0.3 is 0 Å². The Kier molecular flexibility index (Phi) is 3.03. The fourth-order valence-electron chi connectivity index (χ4n) is 6.63. The summed E-state index contributed by atoms with van der Waals surface area (Å²) >= 11 is 0. The summed E-state index contributed by atoms with van der Waals surface area (Å²) in [5, 5.41) is 10.4. The lowest BCUT2D eigenvalue weighted by atomic mass is 9.50. The van der Waals surface area contributed by atoms with Crippen molar-refractivity contribution < 1.29 is 9.90 Å². The standard InChI is InChI=1S/C18H28O2/c1-18-9-8-14-13-5-3-12(19)10-11(13)2-4-15(14)16(18)6-7-17(18)20/h11,13-17,20H,2-10H2,1H3/t11-,13+,14+,15+,16-,17+,18-/m0/s1. The molecule has 0 unspecified atom stereocenters. The molecule has 0 saturated heterocycles. The lowest BCUT2D eigenvalue weighted by Crippen LogP contribution is -2.49. The molecule has 0 aromatic carbocycles. The highest BCUT2D eigenvalue weighted by Gasteiger charge is 2.56. The van der Waals surface area contributed by atoms with Crippen molar-refractivity contribution >= 4 is 5.78 Å². The van der Waals surface area contributed by atoms with Gasteiger partial charge in [0, 0.05) is 12.8 Å². The first-order valence-corrected chi connectivity index (χ1v) is 8.79. The topological polar surface area (TPSA) is 37.3 Å². The number of fused-ring (bicyclic) bond motifs is 5. The maximum Gasteiger partial charge on any atom is 0.133 e. The molecule has 4 rings (SSSR count). The van der Waals surface area contributed by atoms with Crippen LogP contribution in [-0.4, -0.2) is 17.0 Å². The van der Waals surface area contributed by atoms with Gasteiger partial charge in [-0.3, -0.25) is 4.79 Å². The van der Waals surface area contributed by atoms with E-state index in [2.05, 4.69) is 6.92 Å². The summed E-state index contributed by atoms with van der Waals surface area (Å²) in [5.41, 5.74) is 0.207. The van der Waals surface area contributed by atoms with Gasteiger partial charge in [-0.05, 0) is 80.0 Å². The van der Waals surface area contributed by atoms with Gasteiger partial charge in [-0.25, -0.2) is 0 Å². The second-order valence-electron chi connectivity index (χ2n) is 8.35. The molecule has 4 fully saturated rings. The first-order chi connectivity index (χ1) is 9.59. The van der Waals surface area contributed by atoms with Crippen LogP contribution in [0.2, 0.25) is 0 Å². The Hall–Kier alpha value is -0.370. The van der Waals surface area contributed by atoms with Gasteiger partial charge in [0.2, 0.25) is 0 Å². The zero-order chi connectivity index (χ0) is 13.9. The molecule has 1 N–H and O–H groups in total. The predicted molar refractivity (Wildman–Crippen MR) is 78.1 cm³/mol. The third-order valence-corrected chi connectivity index (χ3v) is 7.72. The van der Waals surface area contributed by atoms with E-state index < -0.39 is 0 Å². The van der Waals surface area contributed by atoms with Crippen molar-refractivity contribution in [3.8, 4) is 0 Å². The van der Waals surface area contributed by atoms with Crippen LogP contribution in [0.15, 0.2) is 0 Å². The zero-order valence-corrected chi connectivity index (χ0v) is 12.7. The summed E-state index contributed by atoms with van der Waals surface area (Å²) in [4.78, 5) is 11.7. The summed E-state index contributed by atoms with van der Waals surface area (Å²) in [6, 6.07) is 0. The maximum atomic E-state index is 11.7. The number of aliphatic hydroxyl groups is 1. The summed E-state index contributed by atoms with van der Waals surface area (Å²) < 4.78 is 0. The molecule has 0 radical (unpaired) electrons. The van der Waals surface area contributed by atoms with E-state index in [1.165, 1.54) is 32.1 Å². The largest absolute Gasteiger partial charge is 0.393 e. The molecule has 4 aliphatic rings. The third kappa shape index (κ3) is 1.76. The summed E-state index contributed by atoms with van der Waals surface area (Å²) in [5.74, 6) is 4.52. The van der Waals surface area contributed by atoms with E-state index in [1.807, 2.05) is 0 Å². The van der Waals surface area contributed by atoms with Gasteiger partial charge in [0.1, 0.15) is 5.78 Å². The van der Waals surface area contributed by atoms with Crippen LogP contribution in [0, 0.1) is 35.0 Å². The average Bonchev–Trinajstić information content (AvgIpc) is 2.74. The number of ketones is 1. The summed E-state index contributed by atoms with van der Waals surface area (Å²) in [6.45, 7) is 2.35. The second kappa shape index (κ2) is 4.56. The molecule has 0 spiro atoms. The van der Waals surface area contributed by atoms with Gasteiger partial charge < -0.3 is 5.11 Å². The van der Waals surface area contributed by atoms with Gasteiger partial charge in [0.05, 0.1) is 6.10 Å². The molecule has 112 valence electrons. The van der Waals surface area contributed by atoms with E-state index in [0.717, 1.165) is 49.4 Å². The minimum absolute atomic E-state index is 0.0564. The van der Waals surface area contributed by atoms with E-state index in [9.17, 15) is 9.90 Å². The van der Waals surface area contributed by atoms with Crippen LogP contribution in [0.5, 0.6) is 0 Å². The highest BCUT2D eigenvalue weighted by molar-refractivity contribution is 5.79. The minimum Gasteiger partial charge on any atom is -0.393 e. The highest BCUT2D eigenvalue weighted by atomic mass is 16.3. The van der Waals surface area contributed by atoms with Crippen LogP contribution in [0.3, 0.4) is 0 Å². The van der Waals surface area contributed by atoms with E-state index in [0.29, 0.717) is 11.7 Å². The first-order valence-electron chi connectivity index (χ1n) is 8.79. The Morgan fingerprint density at radius 2 is 1.85 bits per heavy atom. The maximum absolute atomic E-state index is 11.7. The first kappa shape index (κ1) is 13.3. The summed E-state index contributed by atoms with van der Waals surface area (Å²) in [6.07, 6.45) is 10.2. The quantitative estimate of drug-likeness (QED) is 0.734. The van der Waals surface area contributed by atoms with Gasteiger partial charge in [0.25, 0.3) is 0 Å². The highest BCUT2D eigenvalue weighted by Crippen LogP contribution is 2.62. The molecule has 0 aromatic rings. The molecule has 4 saturated carbocycles. The molecule has 4 aliphatic carbocycles. The number of carbonyl (C=O) groups excluding carboxylic acids is 1. The molecule has 2 nitrogen and oxygen atoms in total. The molecule has 0 amide bonds. The van der Waals surface area contributed by atoms with Crippen molar-refractivity contribution in [3.63, 3.8) is 0 Å². The van der Waals surface area contributed by atoms with Crippen molar-refractivity contribution in [2.75, 3.05) is 0 Å². The lowest BCUT2D eigenvalue weighted by molar-refractivity contribution is -0.128. The Balaban J connectivity index is 1.58. The molecule has 0 bridgehead atoms. The Morgan fingerprint density at radius 3 is 2.70 bits per heavy atom. The molecular weight excluding hydrogens is 248 g/mol. The number of hydrogen-bond acceptors (Lipinski definition) is 2. The molecule has 20 heavy (non-hydrogen) atoms. The van der Waals surface area contributed by atoms with Gasteiger partial charge in [0.15, 0.2) is 0 Å². The van der Waals surface area contributed by atoms with Crippen LogP contribution in [0.1, 0.15) is 64.7 Å². The Labute approximate surface area is 122 Å². The number of hydrogen-bond donors (Lipinski definition) is 1. The number of carbonyl (C=O) groups is 1. The van der Waals surface area contributed by atoms with E-state index in [1.54, 1.807) is 0 Å². The monoisotopic (exact) mass is 276 g/mol. The third-order valence-electron chi connectivity index (χ3n) is 7.72. The van der Waals surface area contributed by atoms with Crippen molar-refractivity contribution in [1.82, 2.24) is 0 Å². The fourth-order valence-corrected chi connectivity index (χ4v) is 6.63.